The number of halogens is 2. The Bertz CT molecular complexity index is 1140. The van der Waals surface area contributed by atoms with Gasteiger partial charge >= 0.3 is 5.69 Å². The van der Waals surface area contributed by atoms with Crippen molar-refractivity contribution in [3.8, 4) is 0 Å². The van der Waals surface area contributed by atoms with E-state index in [4.69, 9.17) is 11.6 Å². The molecule has 1 unspecified atom stereocenters. The number of nitrogens with one attached hydrogen (secondary N) is 1. The van der Waals surface area contributed by atoms with Gasteiger partial charge in [-0.3, -0.25) is 4.79 Å². The van der Waals surface area contributed by atoms with Crippen LogP contribution in [0.15, 0.2) is 35.3 Å². The van der Waals surface area contributed by atoms with E-state index in [-0.39, 0.29) is 23.9 Å². The molecule has 1 fully saturated rings. The Morgan fingerprint density at radius 2 is 2.20 bits per heavy atom. The fraction of sp³-hybridized carbons (Fsp3) is 0.400. The molecule has 8 nitrogen and oxygen atoms in total. The molecule has 1 saturated heterocycles. The molecule has 158 valence electrons. The zero-order valence-electron chi connectivity index (χ0n) is 16.5. The third-order valence-electron chi connectivity index (χ3n) is 5.19. The quantitative estimate of drug-likeness (QED) is 0.668. The van der Waals surface area contributed by atoms with Gasteiger partial charge in [0, 0.05) is 25.8 Å². The maximum atomic E-state index is 13.2. The largest absolute Gasteiger partial charge is 0.356 e. The van der Waals surface area contributed by atoms with Gasteiger partial charge in [0.25, 0.3) is 5.78 Å². The van der Waals surface area contributed by atoms with E-state index in [1.807, 2.05) is 0 Å². The van der Waals surface area contributed by atoms with E-state index in [1.165, 1.54) is 29.0 Å². The molecule has 0 bridgehead atoms. The number of carbonyl (C=O) groups excluding carboxylic acids is 1. The minimum absolute atomic E-state index is 0.0108. The van der Waals surface area contributed by atoms with Gasteiger partial charge in [0.1, 0.15) is 18.2 Å². The number of carbonyl (C=O) groups is 1. The van der Waals surface area contributed by atoms with Crippen molar-refractivity contribution < 1.29 is 9.18 Å². The first kappa shape index (κ1) is 20.3. The minimum Gasteiger partial charge on any atom is -0.356 e. The molecule has 1 amide bonds. The van der Waals surface area contributed by atoms with Gasteiger partial charge in [-0.1, -0.05) is 24.6 Å². The van der Waals surface area contributed by atoms with E-state index in [9.17, 15) is 14.0 Å². The highest BCUT2D eigenvalue weighted by molar-refractivity contribution is 6.30. The van der Waals surface area contributed by atoms with E-state index in [2.05, 4.69) is 27.2 Å². The Balaban J connectivity index is 1.45. The number of anilines is 1. The maximum Gasteiger partial charge on any atom is 0.352 e. The average molecular weight is 433 g/mol. The number of rotatable bonds is 5. The van der Waals surface area contributed by atoms with Crippen molar-refractivity contribution in [1.82, 2.24) is 24.5 Å². The van der Waals surface area contributed by atoms with Gasteiger partial charge in [0.15, 0.2) is 0 Å². The van der Waals surface area contributed by atoms with Crippen molar-refractivity contribution in [3.63, 3.8) is 0 Å². The van der Waals surface area contributed by atoms with Crippen molar-refractivity contribution >= 4 is 29.1 Å². The lowest BCUT2D eigenvalue weighted by atomic mass is 10.0. The Kier molecular flexibility index (Phi) is 5.72. The third kappa shape index (κ3) is 4.30. The predicted molar refractivity (Wildman–Crippen MR) is 111 cm³/mol. The fourth-order valence-corrected chi connectivity index (χ4v) is 3.82. The second-order valence-corrected chi connectivity index (χ2v) is 8.02. The van der Waals surface area contributed by atoms with Crippen LogP contribution in [0.1, 0.15) is 25.3 Å². The highest BCUT2D eigenvalue weighted by Gasteiger charge is 2.19. The molecule has 1 N–H and O–H groups in total. The van der Waals surface area contributed by atoms with Gasteiger partial charge in [-0.25, -0.2) is 18.3 Å². The van der Waals surface area contributed by atoms with Crippen molar-refractivity contribution in [2.75, 3.05) is 18.0 Å². The molecule has 0 aliphatic carbocycles. The molecular formula is C20H22ClFN6O2. The first-order valence-corrected chi connectivity index (χ1v) is 10.2. The smallest absolute Gasteiger partial charge is 0.352 e. The van der Waals surface area contributed by atoms with Gasteiger partial charge in [-0.05, 0) is 42.5 Å². The molecule has 4 rings (SSSR count). The van der Waals surface area contributed by atoms with Crippen molar-refractivity contribution in [2.45, 2.75) is 32.9 Å². The van der Waals surface area contributed by atoms with Crippen LogP contribution >= 0.6 is 11.6 Å². The molecular weight excluding hydrogens is 411 g/mol. The summed E-state index contributed by atoms with van der Waals surface area (Å²) in [6.07, 6.45) is 3.95. The lowest BCUT2D eigenvalue weighted by molar-refractivity contribution is -0.122. The zero-order valence-corrected chi connectivity index (χ0v) is 17.3. The number of hydrogen-bond donors (Lipinski definition) is 1. The molecule has 3 heterocycles. The molecule has 0 radical (unpaired) electrons. The average Bonchev–Trinajstić information content (AvgIpc) is 3.03. The fourth-order valence-electron chi connectivity index (χ4n) is 3.62. The Labute approximate surface area is 177 Å². The van der Waals surface area contributed by atoms with Crippen LogP contribution in [-0.2, 0) is 17.9 Å². The first-order valence-electron chi connectivity index (χ1n) is 9.82. The van der Waals surface area contributed by atoms with E-state index >= 15 is 0 Å². The number of amides is 1. The molecule has 30 heavy (non-hydrogen) atoms. The summed E-state index contributed by atoms with van der Waals surface area (Å²) in [6.45, 7) is 3.98. The van der Waals surface area contributed by atoms with E-state index in [0.29, 0.717) is 11.5 Å². The van der Waals surface area contributed by atoms with E-state index in [1.54, 1.807) is 12.3 Å². The summed E-state index contributed by atoms with van der Waals surface area (Å²) in [5.41, 5.74) is 0.218. The van der Waals surface area contributed by atoms with Crippen LogP contribution in [0.4, 0.5) is 10.2 Å². The van der Waals surface area contributed by atoms with Crippen LogP contribution in [0.25, 0.3) is 5.78 Å². The molecule has 0 spiro atoms. The molecule has 0 saturated carbocycles. The van der Waals surface area contributed by atoms with Crippen LogP contribution in [0.2, 0.25) is 5.02 Å². The lowest BCUT2D eigenvalue weighted by Gasteiger charge is -2.31. The van der Waals surface area contributed by atoms with E-state index in [0.717, 1.165) is 30.0 Å². The molecule has 1 aromatic carbocycles. The van der Waals surface area contributed by atoms with Crippen LogP contribution in [-0.4, -0.2) is 38.2 Å². The minimum atomic E-state index is -0.520. The first-order chi connectivity index (χ1) is 14.4. The Hall–Kier alpha value is -2.94. The second-order valence-electron chi connectivity index (χ2n) is 7.61. The van der Waals surface area contributed by atoms with Gasteiger partial charge in [-0.2, -0.15) is 4.98 Å². The topological polar surface area (TPSA) is 84.5 Å². The summed E-state index contributed by atoms with van der Waals surface area (Å²) in [6, 6.07) is 6.02. The predicted octanol–water partition coefficient (Wildman–Crippen LogP) is 2.24. The van der Waals surface area contributed by atoms with Crippen molar-refractivity contribution in [2.24, 2.45) is 5.92 Å². The van der Waals surface area contributed by atoms with Gasteiger partial charge < -0.3 is 10.2 Å². The Morgan fingerprint density at radius 3 is 2.97 bits per heavy atom. The SMILES string of the molecule is CC1CCCN(c2ccn3c(=O)n(CC(=O)NCc4ccc(F)c(Cl)c4)nc3n2)C1. The summed E-state index contributed by atoms with van der Waals surface area (Å²) >= 11 is 5.75. The van der Waals surface area contributed by atoms with E-state index < -0.39 is 17.4 Å². The number of nitrogens with zero attached hydrogens (tertiary/aromatic N) is 5. The number of piperidine rings is 1. The van der Waals surface area contributed by atoms with Crippen LogP contribution in [0.3, 0.4) is 0 Å². The second kappa shape index (κ2) is 8.43. The summed E-state index contributed by atoms with van der Waals surface area (Å²) in [4.78, 5) is 31.5. The summed E-state index contributed by atoms with van der Waals surface area (Å²) in [5, 5.41) is 6.87. The number of fused-ring (bicyclic) bond motifs is 1. The third-order valence-corrected chi connectivity index (χ3v) is 5.48. The normalized spacial score (nSPS) is 16.8. The number of hydrogen-bond acceptors (Lipinski definition) is 5. The number of benzene rings is 1. The zero-order chi connectivity index (χ0) is 21.3. The molecule has 1 aliphatic rings. The van der Waals surface area contributed by atoms with Crippen LogP contribution in [0, 0.1) is 11.7 Å². The maximum absolute atomic E-state index is 13.2. The summed E-state index contributed by atoms with van der Waals surface area (Å²) in [7, 11) is 0. The molecule has 2 aromatic heterocycles. The molecule has 10 heteroatoms. The highest BCUT2D eigenvalue weighted by Crippen LogP contribution is 2.21. The van der Waals surface area contributed by atoms with Crippen molar-refractivity contribution in [1.29, 1.82) is 0 Å². The summed E-state index contributed by atoms with van der Waals surface area (Å²) in [5.74, 6) is 0.716. The van der Waals surface area contributed by atoms with Gasteiger partial charge in [0.2, 0.25) is 5.91 Å². The monoisotopic (exact) mass is 432 g/mol. The molecule has 1 atom stereocenters. The van der Waals surface area contributed by atoms with Crippen molar-refractivity contribution in [3.05, 3.63) is 57.3 Å². The number of aromatic nitrogens is 4. The standard InChI is InChI=1S/C20H22ClFN6O2/c1-13-3-2-7-26(11-13)17-6-8-27-19(24-17)25-28(20(27)30)12-18(29)23-10-14-4-5-16(22)15(21)9-14/h4-6,8-9,13H,2-3,7,10-12H2,1H3,(H,23,29). The molecule has 3 aromatic rings. The van der Waals surface area contributed by atoms with Gasteiger partial charge in [-0.15, -0.1) is 5.10 Å². The highest BCUT2D eigenvalue weighted by atomic mass is 35.5. The van der Waals surface area contributed by atoms with Crippen LogP contribution < -0.4 is 15.9 Å². The summed E-state index contributed by atoms with van der Waals surface area (Å²) < 4.78 is 15.6. The Morgan fingerprint density at radius 1 is 1.37 bits per heavy atom. The lowest BCUT2D eigenvalue weighted by Crippen LogP contribution is -2.35. The molecule has 1 aliphatic heterocycles. The van der Waals surface area contributed by atoms with Gasteiger partial charge in [0.05, 0.1) is 5.02 Å². The van der Waals surface area contributed by atoms with Crippen LogP contribution in [0.5, 0.6) is 0 Å².